The van der Waals surface area contributed by atoms with Gasteiger partial charge in [0.25, 0.3) is 0 Å². The number of nitrogens with zero attached hydrogens (tertiary/aromatic N) is 2. The van der Waals surface area contributed by atoms with Gasteiger partial charge in [-0.15, -0.1) is 0 Å². The molecule has 0 aliphatic rings. The molecule has 0 aliphatic carbocycles. The molecule has 1 aromatic heterocycles. The third-order valence-electron chi connectivity index (χ3n) is 2.75. The number of aromatic nitrogens is 2. The monoisotopic (exact) mass is 265 g/mol. The molecule has 0 saturated heterocycles. The van der Waals surface area contributed by atoms with E-state index in [-0.39, 0.29) is 6.04 Å². The first-order chi connectivity index (χ1) is 8.58. The SMILES string of the molecule is C[C@@H](N)c1cc(Cl)ccc1OCc1cncn1C. The zero-order valence-electron chi connectivity index (χ0n) is 10.4. The van der Waals surface area contributed by atoms with E-state index in [1.54, 1.807) is 18.6 Å². The summed E-state index contributed by atoms with van der Waals surface area (Å²) < 4.78 is 7.70. The van der Waals surface area contributed by atoms with E-state index in [9.17, 15) is 0 Å². The fourth-order valence-electron chi connectivity index (χ4n) is 1.68. The van der Waals surface area contributed by atoms with Crippen LogP contribution >= 0.6 is 11.6 Å². The molecule has 1 aromatic carbocycles. The quantitative estimate of drug-likeness (QED) is 0.925. The molecular formula is C13H16ClN3O. The van der Waals surface area contributed by atoms with Crippen molar-refractivity contribution in [3.8, 4) is 5.75 Å². The summed E-state index contributed by atoms with van der Waals surface area (Å²) in [5.74, 6) is 0.760. The van der Waals surface area contributed by atoms with Crippen LogP contribution in [0, 0.1) is 0 Å². The van der Waals surface area contributed by atoms with Crippen LogP contribution in [0.25, 0.3) is 0 Å². The summed E-state index contributed by atoms with van der Waals surface area (Å²) in [6.45, 7) is 2.36. The fraction of sp³-hybridized carbons (Fsp3) is 0.308. The second-order valence-corrected chi connectivity index (χ2v) is 4.69. The predicted octanol–water partition coefficient (Wildman–Crippen LogP) is 2.67. The van der Waals surface area contributed by atoms with Gasteiger partial charge in [-0.1, -0.05) is 11.6 Å². The molecule has 0 saturated carbocycles. The Morgan fingerprint density at radius 3 is 2.89 bits per heavy atom. The minimum absolute atomic E-state index is 0.120. The van der Waals surface area contributed by atoms with Gasteiger partial charge in [-0.3, -0.25) is 0 Å². The van der Waals surface area contributed by atoms with E-state index in [0.717, 1.165) is 17.0 Å². The van der Waals surface area contributed by atoms with Gasteiger partial charge in [-0.2, -0.15) is 0 Å². The molecule has 0 fully saturated rings. The highest BCUT2D eigenvalue weighted by Gasteiger charge is 2.10. The lowest BCUT2D eigenvalue weighted by Gasteiger charge is -2.14. The molecule has 5 heteroatoms. The minimum Gasteiger partial charge on any atom is -0.487 e. The van der Waals surface area contributed by atoms with Gasteiger partial charge in [-0.05, 0) is 25.1 Å². The first-order valence-electron chi connectivity index (χ1n) is 5.71. The standard InChI is InChI=1S/C13H16ClN3O/c1-9(15)12-5-10(14)3-4-13(12)18-7-11-6-16-8-17(11)2/h3-6,8-9H,7,15H2,1-2H3/t9-/m1/s1. The maximum atomic E-state index is 5.96. The molecule has 0 spiro atoms. The molecule has 0 aliphatic heterocycles. The van der Waals surface area contributed by atoms with Gasteiger partial charge >= 0.3 is 0 Å². The van der Waals surface area contributed by atoms with Gasteiger partial charge in [0, 0.05) is 23.7 Å². The summed E-state index contributed by atoms with van der Waals surface area (Å²) in [7, 11) is 1.93. The molecule has 4 nitrogen and oxygen atoms in total. The predicted molar refractivity (Wildman–Crippen MR) is 71.6 cm³/mol. The normalized spacial score (nSPS) is 12.4. The van der Waals surface area contributed by atoms with E-state index in [1.165, 1.54) is 0 Å². The van der Waals surface area contributed by atoms with E-state index >= 15 is 0 Å². The second kappa shape index (κ2) is 5.42. The number of imidazole rings is 1. The summed E-state index contributed by atoms with van der Waals surface area (Å²) in [5.41, 5.74) is 7.81. The second-order valence-electron chi connectivity index (χ2n) is 4.26. The molecule has 0 bridgehead atoms. The highest BCUT2D eigenvalue weighted by Crippen LogP contribution is 2.27. The Morgan fingerprint density at radius 1 is 1.50 bits per heavy atom. The summed E-state index contributed by atoms with van der Waals surface area (Å²) in [4.78, 5) is 4.04. The molecule has 1 heterocycles. The van der Waals surface area contributed by atoms with Gasteiger partial charge in [0.2, 0.25) is 0 Å². The van der Waals surface area contributed by atoms with Gasteiger partial charge in [-0.25, -0.2) is 4.98 Å². The van der Waals surface area contributed by atoms with Crippen molar-refractivity contribution in [2.24, 2.45) is 12.8 Å². The lowest BCUT2D eigenvalue weighted by molar-refractivity contribution is 0.292. The van der Waals surface area contributed by atoms with Crippen molar-refractivity contribution < 1.29 is 4.74 Å². The van der Waals surface area contributed by atoms with Crippen LogP contribution in [0.3, 0.4) is 0 Å². The molecule has 0 radical (unpaired) electrons. The third-order valence-corrected chi connectivity index (χ3v) is 2.99. The van der Waals surface area contributed by atoms with E-state index in [2.05, 4.69) is 4.98 Å². The minimum atomic E-state index is -0.120. The van der Waals surface area contributed by atoms with Crippen molar-refractivity contribution in [3.05, 3.63) is 47.0 Å². The molecule has 1 atom stereocenters. The number of aryl methyl sites for hydroxylation is 1. The van der Waals surface area contributed by atoms with Gasteiger partial charge in [0.05, 0.1) is 18.2 Å². The first-order valence-corrected chi connectivity index (χ1v) is 6.08. The summed E-state index contributed by atoms with van der Waals surface area (Å²) in [5, 5.41) is 0.662. The van der Waals surface area contributed by atoms with Crippen molar-refractivity contribution in [1.82, 2.24) is 9.55 Å². The first kappa shape index (κ1) is 12.9. The van der Waals surface area contributed by atoms with Gasteiger partial charge in [0.15, 0.2) is 0 Å². The van der Waals surface area contributed by atoms with Crippen LogP contribution in [0.1, 0.15) is 24.2 Å². The summed E-state index contributed by atoms with van der Waals surface area (Å²) >= 11 is 5.96. The van der Waals surface area contributed by atoms with E-state index in [1.807, 2.05) is 30.7 Å². The number of benzene rings is 1. The molecule has 96 valence electrons. The fourth-order valence-corrected chi connectivity index (χ4v) is 1.86. The van der Waals surface area contributed by atoms with E-state index < -0.39 is 0 Å². The average molecular weight is 266 g/mol. The number of rotatable bonds is 4. The molecule has 2 aromatic rings. The van der Waals surface area contributed by atoms with Crippen LogP contribution < -0.4 is 10.5 Å². The van der Waals surface area contributed by atoms with E-state index in [4.69, 9.17) is 22.1 Å². The lowest BCUT2D eigenvalue weighted by atomic mass is 10.1. The zero-order chi connectivity index (χ0) is 13.1. The summed E-state index contributed by atoms with van der Waals surface area (Å²) in [6, 6.07) is 5.36. The van der Waals surface area contributed by atoms with Crippen LogP contribution in [-0.4, -0.2) is 9.55 Å². The Labute approximate surface area is 111 Å². The Kier molecular flexibility index (Phi) is 3.89. The number of halogens is 1. The average Bonchev–Trinajstić information content (AvgIpc) is 2.73. The van der Waals surface area contributed by atoms with Crippen molar-refractivity contribution in [2.75, 3.05) is 0 Å². The molecular weight excluding hydrogens is 250 g/mol. The van der Waals surface area contributed by atoms with Gasteiger partial charge in [0.1, 0.15) is 12.4 Å². The maximum absolute atomic E-state index is 5.96. The lowest BCUT2D eigenvalue weighted by Crippen LogP contribution is -2.09. The van der Waals surface area contributed by atoms with Crippen molar-refractivity contribution in [1.29, 1.82) is 0 Å². The molecule has 0 amide bonds. The van der Waals surface area contributed by atoms with Crippen LogP contribution in [-0.2, 0) is 13.7 Å². The molecule has 18 heavy (non-hydrogen) atoms. The van der Waals surface area contributed by atoms with Crippen LogP contribution in [0.2, 0.25) is 5.02 Å². The van der Waals surface area contributed by atoms with Crippen molar-refractivity contribution in [3.63, 3.8) is 0 Å². The Balaban J connectivity index is 2.16. The third kappa shape index (κ3) is 2.83. The van der Waals surface area contributed by atoms with Gasteiger partial charge < -0.3 is 15.0 Å². The number of nitrogens with two attached hydrogens (primary N) is 1. The smallest absolute Gasteiger partial charge is 0.130 e. The number of hydrogen-bond acceptors (Lipinski definition) is 3. The zero-order valence-corrected chi connectivity index (χ0v) is 11.2. The molecule has 2 rings (SSSR count). The Morgan fingerprint density at radius 2 is 2.28 bits per heavy atom. The molecule has 0 unspecified atom stereocenters. The van der Waals surface area contributed by atoms with E-state index in [0.29, 0.717) is 11.6 Å². The highest BCUT2D eigenvalue weighted by atomic mass is 35.5. The summed E-state index contributed by atoms with van der Waals surface area (Å²) in [6.07, 6.45) is 3.52. The van der Waals surface area contributed by atoms with Crippen LogP contribution in [0.15, 0.2) is 30.7 Å². The Bertz CT molecular complexity index is 537. The maximum Gasteiger partial charge on any atom is 0.130 e. The topological polar surface area (TPSA) is 53.1 Å². The Hall–Kier alpha value is -1.52. The highest BCUT2D eigenvalue weighted by molar-refractivity contribution is 6.30. The van der Waals surface area contributed by atoms with Crippen molar-refractivity contribution >= 4 is 11.6 Å². The van der Waals surface area contributed by atoms with Crippen molar-refractivity contribution in [2.45, 2.75) is 19.6 Å². The molecule has 2 N–H and O–H groups in total. The number of ether oxygens (including phenoxy) is 1. The number of hydrogen-bond donors (Lipinski definition) is 1. The van der Waals surface area contributed by atoms with Crippen LogP contribution in [0.5, 0.6) is 5.75 Å². The van der Waals surface area contributed by atoms with Crippen LogP contribution in [0.4, 0.5) is 0 Å². The largest absolute Gasteiger partial charge is 0.487 e.